The molecule has 0 fully saturated rings. The Balaban J connectivity index is 2.75. The molecule has 0 saturated carbocycles. The molecule has 0 aliphatic heterocycles. The van der Waals surface area contributed by atoms with Crippen LogP contribution in [0.3, 0.4) is 0 Å². The van der Waals surface area contributed by atoms with Crippen LogP contribution in [0.1, 0.15) is 6.92 Å². The number of hydrogen-bond donors (Lipinski definition) is 1. The molecule has 0 spiro atoms. The second-order valence-electron chi connectivity index (χ2n) is 1.17. The van der Waals surface area contributed by atoms with Gasteiger partial charge in [-0.3, -0.25) is 5.43 Å². The lowest BCUT2D eigenvalue weighted by Crippen LogP contribution is -2.28. The maximum Gasteiger partial charge on any atom is 0.0241 e. The molecular weight excluding hydrogens is 76.1 g/mol. The number of hydrogen-bond acceptors (Lipinski definition) is 2. The Bertz CT molecular complexity index is 24.7. The third-order valence-electron chi connectivity index (χ3n) is 0.744. The average Bonchev–Trinajstić information content (AvgIpc) is 1.65. The Morgan fingerprint density at radius 2 is 2.33 bits per heavy atom. The predicted molar refractivity (Wildman–Crippen MR) is 26.8 cm³/mol. The molecule has 0 atom stereocenters. The lowest BCUT2D eigenvalue weighted by Gasteiger charge is -2.09. The molecule has 6 heavy (non-hydrogen) atoms. The summed E-state index contributed by atoms with van der Waals surface area (Å²) in [4.78, 5) is 0. The molecule has 0 bridgehead atoms. The third kappa shape index (κ3) is 2.18. The van der Waals surface area contributed by atoms with Gasteiger partial charge in [0.05, 0.1) is 0 Å². The maximum absolute atomic E-state index is 3.43. The Labute approximate surface area is 39.1 Å². The fourth-order valence-corrected chi connectivity index (χ4v) is 0.112. The van der Waals surface area contributed by atoms with Crippen molar-refractivity contribution in [1.29, 1.82) is 0 Å². The molecule has 1 N–H and O–H groups in total. The molecule has 0 aromatic heterocycles. The fraction of sp³-hybridized carbons (Fsp3) is 0.750. The zero-order chi connectivity index (χ0) is 4.99. The van der Waals surface area contributed by atoms with E-state index < -0.39 is 0 Å². The lowest BCUT2D eigenvalue weighted by molar-refractivity contribution is 0.290. The standard InChI is InChI=1S/C4H11N2/c1-4-6(3)5-2/h5H,2,4H2,1,3H3. The summed E-state index contributed by atoms with van der Waals surface area (Å²) in [7, 11) is 5.37. The first-order valence-corrected chi connectivity index (χ1v) is 2.05. The van der Waals surface area contributed by atoms with Crippen molar-refractivity contribution in [2.45, 2.75) is 6.92 Å². The van der Waals surface area contributed by atoms with E-state index >= 15 is 0 Å². The van der Waals surface area contributed by atoms with Crippen LogP contribution in [0.5, 0.6) is 0 Å². The number of nitrogens with one attached hydrogen (secondary N) is 1. The minimum absolute atomic E-state index is 0.990. The summed E-state index contributed by atoms with van der Waals surface area (Å²) >= 11 is 0. The Morgan fingerprint density at radius 3 is 2.33 bits per heavy atom. The SMILES string of the molecule is [CH2]NN(C)CC. The van der Waals surface area contributed by atoms with Gasteiger partial charge in [-0.15, -0.1) is 0 Å². The van der Waals surface area contributed by atoms with Crippen LogP contribution in [0.4, 0.5) is 0 Å². The van der Waals surface area contributed by atoms with Crippen LogP contribution >= 0.6 is 0 Å². The highest BCUT2D eigenvalue weighted by Crippen LogP contribution is 1.65. The van der Waals surface area contributed by atoms with E-state index in [-0.39, 0.29) is 0 Å². The summed E-state index contributed by atoms with van der Waals surface area (Å²) < 4.78 is 0. The van der Waals surface area contributed by atoms with Gasteiger partial charge in [0.1, 0.15) is 0 Å². The molecule has 0 saturated heterocycles. The molecule has 0 aliphatic rings. The van der Waals surface area contributed by atoms with Crippen molar-refractivity contribution >= 4 is 0 Å². The van der Waals surface area contributed by atoms with Crippen LogP contribution in [0.25, 0.3) is 0 Å². The molecule has 2 heteroatoms. The molecule has 0 heterocycles. The summed E-state index contributed by atoms with van der Waals surface area (Å²) in [5, 5.41) is 1.89. The van der Waals surface area contributed by atoms with E-state index in [2.05, 4.69) is 19.4 Å². The number of rotatable bonds is 2. The maximum atomic E-state index is 3.43. The molecule has 0 aromatic rings. The minimum atomic E-state index is 0.990. The molecule has 0 rings (SSSR count). The van der Waals surface area contributed by atoms with Crippen molar-refractivity contribution in [3.05, 3.63) is 7.05 Å². The second-order valence-corrected chi connectivity index (χ2v) is 1.17. The zero-order valence-electron chi connectivity index (χ0n) is 4.36. The fourth-order valence-electron chi connectivity index (χ4n) is 0.112. The van der Waals surface area contributed by atoms with Crippen LogP contribution in [-0.2, 0) is 0 Å². The first kappa shape index (κ1) is 5.92. The second kappa shape index (κ2) is 3.12. The minimum Gasteiger partial charge on any atom is -0.254 e. The van der Waals surface area contributed by atoms with Crippen LogP contribution in [0.2, 0.25) is 0 Å². The number of nitrogens with zero attached hydrogens (tertiary/aromatic N) is 1. The van der Waals surface area contributed by atoms with Gasteiger partial charge >= 0.3 is 0 Å². The van der Waals surface area contributed by atoms with E-state index in [1.165, 1.54) is 0 Å². The van der Waals surface area contributed by atoms with Crippen molar-refractivity contribution < 1.29 is 0 Å². The van der Waals surface area contributed by atoms with Gasteiger partial charge in [-0.1, -0.05) is 6.92 Å². The molecule has 0 aromatic carbocycles. The van der Waals surface area contributed by atoms with E-state index in [4.69, 9.17) is 0 Å². The van der Waals surface area contributed by atoms with Crippen molar-refractivity contribution in [1.82, 2.24) is 10.4 Å². The quantitative estimate of drug-likeness (QED) is 0.485. The van der Waals surface area contributed by atoms with E-state index in [1.54, 1.807) is 0 Å². The van der Waals surface area contributed by atoms with E-state index in [0.29, 0.717) is 0 Å². The van der Waals surface area contributed by atoms with Gasteiger partial charge in [0.25, 0.3) is 0 Å². The van der Waals surface area contributed by atoms with Crippen LogP contribution < -0.4 is 5.43 Å². The zero-order valence-corrected chi connectivity index (χ0v) is 4.36. The normalized spacial score (nSPS) is 10.0. The molecule has 37 valence electrons. The van der Waals surface area contributed by atoms with Crippen LogP contribution in [-0.4, -0.2) is 18.6 Å². The van der Waals surface area contributed by atoms with Crippen molar-refractivity contribution in [2.75, 3.05) is 13.6 Å². The summed E-state index contributed by atoms with van der Waals surface area (Å²) in [5.41, 5.74) is 2.70. The molecule has 2 nitrogen and oxygen atoms in total. The van der Waals surface area contributed by atoms with Crippen LogP contribution in [0.15, 0.2) is 0 Å². The summed E-state index contributed by atoms with van der Waals surface area (Å²) in [6.07, 6.45) is 0. The average molecular weight is 87.1 g/mol. The number of hydrazine groups is 1. The van der Waals surface area contributed by atoms with E-state index in [1.807, 2.05) is 12.1 Å². The molecule has 0 amide bonds. The van der Waals surface area contributed by atoms with E-state index in [9.17, 15) is 0 Å². The molecule has 0 unspecified atom stereocenters. The van der Waals surface area contributed by atoms with Gasteiger partial charge in [0, 0.05) is 20.6 Å². The highest BCUT2D eigenvalue weighted by atomic mass is 15.5. The predicted octanol–water partition coefficient (Wildman–Crippen LogP) is 0.234. The molecular formula is C4H11N2. The molecule has 0 aliphatic carbocycles. The van der Waals surface area contributed by atoms with Crippen molar-refractivity contribution in [3.8, 4) is 0 Å². The smallest absolute Gasteiger partial charge is 0.0241 e. The van der Waals surface area contributed by atoms with Crippen molar-refractivity contribution in [2.24, 2.45) is 0 Å². The monoisotopic (exact) mass is 87.1 g/mol. The highest BCUT2D eigenvalue weighted by Gasteiger charge is 1.79. The topological polar surface area (TPSA) is 15.3 Å². The van der Waals surface area contributed by atoms with Crippen molar-refractivity contribution in [3.63, 3.8) is 0 Å². The molecule has 1 radical (unpaired) electrons. The Kier molecular flexibility index (Phi) is 3.08. The largest absolute Gasteiger partial charge is 0.254 e. The third-order valence-corrected chi connectivity index (χ3v) is 0.744. The highest BCUT2D eigenvalue weighted by molar-refractivity contribution is 4.31. The summed E-state index contributed by atoms with van der Waals surface area (Å²) in [5.74, 6) is 0. The van der Waals surface area contributed by atoms with Gasteiger partial charge in [0.15, 0.2) is 0 Å². The Hall–Kier alpha value is -0.0800. The summed E-state index contributed by atoms with van der Waals surface area (Å²) in [6.45, 7) is 3.04. The Morgan fingerprint density at radius 1 is 1.83 bits per heavy atom. The van der Waals surface area contributed by atoms with Gasteiger partial charge in [-0.2, -0.15) is 0 Å². The van der Waals surface area contributed by atoms with Crippen LogP contribution in [0, 0.1) is 7.05 Å². The van der Waals surface area contributed by atoms with Gasteiger partial charge in [0.2, 0.25) is 0 Å². The summed E-state index contributed by atoms with van der Waals surface area (Å²) in [6, 6.07) is 0. The first-order valence-electron chi connectivity index (χ1n) is 2.05. The van der Waals surface area contributed by atoms with E-state index in [0.717, 1.165) is 6.54 Å². The van der Waals surface area contributed by atoms with Gasteiger partial charge < -0.3 is 0 Å². The first-order chi connectivity index (χ1) is 2.81. The van der Waals surface area contributed by atoms with Gasteiger partial charge in [-0.05, 0) is 0 Å². The van der Waals surface area contributed by atoms with Gasteiger partial charge in [-0.25, -0.2) is 5.01 Å². The lowest BCUT2D eigenvalue weighted by atomic mass is 10.7.